The second-order valence-electron chi connectivity index (χ2n) is 9.37. The highest BCUT2D eigenvalue weighted by Gasteiger charge is 2.48. The Morgan fingerprint density at radius 2 is 0.806 bits per heavy atom. The normalized spacial score (nSPS) is 25.9. The molecule has 2 heterocycles. The molecule has 10 heteroatoms. The lowest BCUT2D eigenvalue weighted by molar-refractivity contribution is -0.147. The summed E-state index contributed by atoms with van der Waals surface area (Å²) in [6.07, 6.45) is 1.45. The number of carboxylic acids is 2. The van der Waals surface area contributed by atoms with Gasteiger partial charge in [0.05, 0.1) is 34.1 Å². The molecule has 0 atom stereocenters. The van der Waals surface area contributed by atoms with Crippen molar-refractivity contribution in [3.63, 3.8) is 0 Å². The van der Waals surface area contributed by atoms with Crippen LogP contribution in [0.5, 0.6) is 0 Å². The van der Waals surface area contributed by atoms with Crippen LogP contribution in [0.4, 0.5) is 0 Å². The van der Waals surface area contributed by atoms with Crippen LogP contribution in [0.25, 0.3) is 0 Å². The Balaban J connectivity index is 0.000000148. The summed E-state index contributed by atoms with van der Waals surface area (Å²) in [7, 11) is 0. The molecule has 0 aromatic heterocycles. The van der Waals surface area contributed by atoms with Crippen LogP contribution in [0.3, 0.4) is 0 Å². The molecular weight excluding hydrogens is 468 g/mol. The summed E-state index contributed by atoms with van der Waals surface area (Å²) in [6.45, 7) is 0. The first-order chi connectivity index (χ1) is 17.2. The minimum atomic E-state index is -0.858. The minimum Gasteiger partial charge on any atom is -0.481 e. The van der Waals surface area contributed by atoms with Crippen LogP contribution < -0.4 is 0 Å². The lowest BCUT2D eigenvalue weighted by atomic mass is 9.79. The number of hydrogen-bond donors (Lipinski definition) is 2. The topological polar surface area (TPSA) is 149 Å². The number of aliphatic carboxylic acids is 2. The molecule has 2 aromatic carbocycles. The van der Waals surface area contributed by atoms with Crippen molar-refractivity contribution in [1.82, 2.24) is 9.80 Å². The summed E-state index contributed by atoms with van der Waals surface area (Å²) >= 11 is 0. The van der Waals surface area contributed by atoms with Gasteiger partial charge in [0.1, 0.15) is 0 Å². The lowest BCUT2D eigenvalue weighted by Gasteiger charge is -2.37. The number of amides is 4. The first kappa shape index (κ1) is 23.4. The molecule has 0 unspecified atom stereocenters. The molecule has 6 rings (SSSR count). The van der Waals surface area contributed by atoms with E-state index in [1.54, 1.807) is 48.5 Å². The predicted molar refractivity (Wildman–Crippen MR) is 122 cm³/mol. The van der Waals surface area contributed by atoms with Crippen LogP contribution in [0.2, 0.25) is 0 Å². The SMILES string of the molecule is O=C(O)C1CC(N2C(=O)c3ccccc3C2=O)C1.O=C(O)C1CC(N2C(=O)c3ccccc3C2=O)C1. The van der Waals surface area contributed by atoms with E-state index in [-0.39, 0.29) is 35.7 Å². The Morgan fingerprint density at radius 1 is 0.556 bits per heavy atom. The van der Waals surface area contributed by atoms with Gasteiger partial charge in [-0.1, -0.05) is 24.3 Å². The summed E-state index contributed by atoms with van der Waals surface area (Å²) in [5, 5.41) is 17.6. The van der Waals surface area contributed by atoms with Gasteiger partial charge in [0.25, 0.3) is 23.6 Å². The highest BCUT2D eigenvalue weighted by Crippen LogP contribution is 2.37. The second kappa shape index (κ2) is 8.71. The molecule has 2 N–H and O–H groups in total. The molecule has 36 heavy (non-hydrogen) atoms. The molecule has 4 aliphatic rings. The third kappa shape index (κ3) is 3.65. The smallest absolute Gasteiger partial charge is 0.306 e. The standard InChI is InChI=1S/2C13H11NO4/c2*15-11-9-3-1-2-4-10(9)12(16)14(11)8-5-7(6-8)13(17)18/h2*1-4,7-8H,5-6H2,(H,17,18). The van der Waals surface area contributed by atoms with Crippen LogP contribution in [-0.4, -0.2) is 67.7 Å². The Labute approximate surface area is 205 Å². The van der Waals surface area contributed by atoms with E-state index in [4.69, 9.17) is 10.2 Å². The van der Waals surface area contributed by atoms with Crippen molar-refractivity contribution in [2.24, 2.45) is 11.8 Å². The largest absolute Gasteiger partial charge is 0.481 e. The number of carbonyl (C=O) groups is 6. The van der Waals surface area contributed by atoms with Gasteiger partial charge in [-0.3, -0.25) is 38.6 Å². The van der Waals surface area contributed by atoms with Crippen LogP contribution in [0, 0.1) is 11.8 Å². The van der Waals surface area contributed by atoms with Crippen molar-refractivity contribution in [2.75, 3.05) is 0 Å². The third-order valence-corrected chi connectivity index (χ3v) is 7.31. The van der Waals surface area contributed by atoms with Gasteiger partial charge >= 0.3 is 11.9 Å². The first-order valence-corrected chi connectivity index (χ1v) is 11.6. The zero-order valence-corrected chi connectivity index (χ0v) is 19.0. The van der Waals surface area contributed by atoms with Gasteiger partial charge in [0, 0.05) is 12.1 Å². The maximum Gasteiger partial charge on any atom is 0.306 e. The van der Waals surface area contributed by atoms with Gasteiger partial charge in [-0.15, -0.1) is 0 Å². The first-order valence-electron chi connectivity index (χ1n) is 11.6. The number of fused-ring (bicyclic) bond motifs is 2. The molecule has 0 saturated heterocycles. The Morgan fingerprint density at radius 3 is 1.03 bits per heavy atom. The minimum absolute atomic E-state index is 0.265. The molecule has 10 nitrogen and oxygen atoms in total. The summed E-state index contributed by atoms with van der Waals surface area (Å²) in [4.78, 5) is 72.2. The lowest BCUT2D eigenvalue weighted by Crippen LogP contribution is -2.49. The average molecular weight is 490 g/mol. The summed E-state index contributed by atoms with van der Waals surface area (Å²) in [5.74, 6) is -3.79. The third-order valence-electron chi connectivity index (χ3n) is 7.31. The maximum atomic E-state index is 12.1. The van der Waals surface area contributed by atoms with Crippen molar-refractivity contribution in [1.29, 1.82) is 0 Å². The number of rotatable bonds is 4. The maximum absolute atomic E-state index is 12.1. The summed E-state index contributed by atoms with van der Waals surface area (Å²) in [5.41, 5.74) is 1.67. The van der Waals surface area contributed by atoms with Gasteiger partial charge < -0.3 is 10.2 Å². The number of nitrogens with zero attached hydrogens (tertiary/aromatic N) is 2. The van der Waals surface area contributed by atoms with Crippen molar-refractivity contribution in [3.05, 3.63) is 70.8 Å². The number of hydrogen-bond acceptors (Lipinski definition) is 6. The van der Waals surface area contributed by atoms with Crippen LogP contribution in [0.1, 0.15) is 67.1 Å². The fraction of sp³-hybridized carbons (Fsp3) is 0.308. The molecule has 2 saturated carbocycles. The van der Waals surface area contributed by atoms with Crippen molar-refractivity contribution in [2.45, 2.75) is 37.8 Å². The Bertz CT molecular complexity index is 1150. The van der Waals surface area contributed by atoms with Gasteiger partial charge in [-0.05, 0) is 49.9 Å². The number of carboxylic acid groups (broad SMARTS) is 2. The van der Waals surface area contributed by atoms with Gasteiger partial charge in [-0.2, -0.15) is 0 Å². The van der Waals surface area contributed by atoms with Crippen LogP contribution in [0.15, 0.2) is 48.5 Å². The van der Waals surface area contributed by atoms with Gasteiger partial charge in [0.15, 0.2) is 0 Å². The molecule has 2 aliphatic heterocycles. The molecular formula is C26H22N2O8. The van der Waals surface area contributed by atoms with E-state index in [0.717, 1.165) is 0 Å². The molecule has 2 aliphatic carbocycles. The molecule has 0 bridgehead atoms. The molecule has 0 radical (unpaired) electrons. The van der Waals surface area contributed by atoms with E-state index in [1.165, 1.54) is 9.80 Å². The Kier molecular flexibility index (Phi) is 5.66. The quantitative estimate of drug-likeness (QED) is 0.620. The van der Waals surface area contributed by atoms with E-state index in [9.17, 15) is 28.8 Å². The van der Waals surface area contributed by atoms with E-state index < -0.39 is 23.8 Å². The fourth-order valence-electron chi connectivity index (χ4n) is 5.08. The Hall–Kier alpha value is -4.34. The molecule has 2 fully saturated rings. The molecule has 4 amide bonds. The predicted octanol–water partition coefficient (Wildman–Crippen LogP) is 2.29. The van der Waals surface area contributed by atoms with Crippen LogP contribution in [-0.2, 0) is 9.59 Å². The van der Waals surface area contributed by atoms with Crippen molar-refractivity contribution < 1.29 is 39.0 Å². The molecule has 0 spiro atoms. The van der Waals surface area contributed by atoms with E-state index in [2.05, 4.69) is 0 Å². The zero-order valence-electron chi connectivity index (χ0n) is 19.0. The zero-order chi connectivity index (χ0) is 25.7. The summed E-state index contributed by atoms with van der Waals surface area (Å²) < 4.78 is 0. The number of carbonyl (C=O) groups excluding carboxylic acids is 4. The van der Waals surface area contributed by atoms with E-state index in [1.807, 2.05) is 0 Å². The highest BCUT2D eigenvalue weighted by molar-refractivity contribution is 6.22. The molecule has 184 valence electrons. The van der Waals surface area contributed by atoms with Crippen LogP contribution >= 0.6 is 0 Å². The second-order valence-corrected chi connectivity index (χ2v) is 9.37. The van der Waals surface area contributed by atoms with E-state index in [0.29, 0.717) is 47.9 Å². The molecule has 2 aromatic rings. The monoisotopic (exact) mass is 490 g/mol. The van der Waals surface area contributed by atoms with Gasteiger partial charge in [0.2, 0.25) is 0 Å². The van der Waals surface area contributed by atoms with Crippen molar-refractivity contribution in [3.8, 4) is 0 Å². The average Bonchev–Trinajstić information content (AvgIpc) is 3.19. The van der Waals surface area contributed by atoms with E-state index >= 15 is 0 Å². The number of benzene rings is 2. The van der Waals surface area contributed by atoms with Crippen molar-refractivity contribution >= 4 is 35.6 Å². The summed E-state index contributed by atoms with van der Waals surface area (Å²) in [6, 6.07) is 12.8. The van der Waals surface area contributed by atoms with Gasteiger partial charge in [-0.25, -0.2) is 0 Å². The number of imide groups is 2. The fourth-order valence-corrected chi connectivity index (χ4v) is 5.08. The highest BCUT2D eigenvalue weighted by atomic mass is 16.4.